The third-order valence-corrected chi connectivity index (χ3v) is 3.39. The third-order valence-electron chi connectivity index (χ3n) is 3.39. The van der Waals surface area contributed by atoms with Crippen LogP contribution in [0.1, 0.15) is 17.2 Å². The van der Waals surface area contributed by atoms with Gasteiger partial charge in [0.2, 0.25) is 0 Å². The molecular weight excluding hydrogens is 295 g/mol. The van der Waals surface area contributed by atoms with Gasteiger partial charge in [0.1, 0.15) is 6.04 Å². The van der Waals surface area contributed by atoms with Crippen LogP contribution >= 0.6 is 0 Å². The Bertz CT molecular complexity index is 774. The Kier molecular flexibility index (Phi) is 3.61. The molecule has 5 nitrogen and oxygen atoms in total. The Morgan fingerprint density at radius 3 is 2.73 bits per heavy atom. The average Bonchev–Trinajstić information content (AvgIpc) is 3.05. The fourth-order valence-electron chi connectivity index (χ4n) is 2.35. The van der Waals surface area contributed by atoms with Crippen molar-refractivity contribution in [2.45, 2.75) is 18.8 Å². The van der Waals surface area contributed by atoms with Crippen LogP contribution in [-0.4, -0.2) is 25.6 Å². The second-order valence-corrected chi connectivity index (χ2v) is 5.00. The van der Waals surface area contributed by atoms with Gasteiger partial charge in [-0.2, -0.15) is 23.4 Å². The van der Waals surface area contributed by atoms with Crippen LogP contribution < -0.4 is 5.32 Å². The van der Waals surface area contributed by atoms with E-state index in [1.807, 2.05) is 18.2 Å². The lowest BCUT2D eigenvalue weighted by Crippen LogP contribution is -2.33. The average molecular weight is 309 g/mol. The molecule has 116 valence electrons. The van der Waals surface area contributed by atoms with Crippen LogP contribution in [0.2, 0.25) is 0 Å². The Labute approximate surface area is 124 Å². The van der Waals surface area contributed by atoms with E-state index >= 15 is 0 Å². The SMILES string of the molecule is Cn1cc([C@@H](NCc2cnn3ccccc23)C(F)(F)F)cn1. The molecule has 0 amide bonds. The summed E-state index contributed by atoms with van der Waals surface area (Å²) >= 11 is 0. The summed E-state index contributed by atoms with van der Waals surface area (Å²) in [4.78, 5) is 0. The number of hydrogen-bond donors (Lipinski definition) is 1. The Balaban J connectivity index is 1.82. The van der Waals surface area contributed by atoms with E-state index in [1.54, 1.807) is 24.0 Å². The van der Waals surface area contributed by atoms with E-state index in [-0.39, 0.29) is 12.1 Å². The van der Waals surface area contributed by atoms with Gasteiger partial charge in [-0.15, -0.1) is 0 Å². The van der Waals surface area contributed by atoms with Gasteiger partial charge in [0, 0.05) is 37.1 Å². The minimum Gasteiger partial charge on any atom is -0.298 e. The van der Waals surface area contributed by atoms with Gasteiger partial charge in [-0.25, -0.2) is 4.52 Å². The molecule has 0 unspecified atom stereocenters. The van der Waals surface area contributed by atoms with Gasteiger partial charge in [-0.1, -0.05) is 6.07 Å². The molecule has 3 aromatic rings. The summed E-state index contributed by atoms with van der Waals surface area (Å²) in [5.74, 6) is 0. The third kappa shape index (κ3) is 2.82. The molecule has 0 aliphatic heterocycles. The van der Waals surface area contributed by atoms with Gasteiger partial charge in [0.05, 0.1) is 17.9 Å². The predicted molar refractivity (Wildman–Crippen MR) is 74.0 cm³/mol. The highest BCUT2D eigenvalue weighted by atomic mass is 19.4. The maximum Gasteiger partial charge on any atom is 0.408 e. The smallest absolute Gasteiger partial charge is 0.298 e. The van der Waals surface area contributed by atoms with Crippen LogP contribution in [0.4, 0.5) is 13.2 Å². The number of halogens is 3. The molecule has 0 saturated carbocycles. The van der Waals surface area contributed by atoms with Crippen LogP contribution in [0.25, 0.3) is 5.52 Å². The molecule has 22 heavy (non-hydrogen) atoms. The number of aromatic nitrogens is 4. The van der Waals surface area contributed by atoms with E-state index in [0.717, 1.165) is 5.52 Å². The molecule has 0 bridgehead atoms. The summed E-state index contributed by atoms with van der Waals surface area (Å²) in [5, 5.41) is 10.5. The zero-order valence-corrected chi connectivity index (χ0v) is 11.7. The normalized spacial score (nSPS) is 13.6. The number of fused-ring (bicyclic) bond motifs is 1. The first kappa shape index (κ1) is 14.6. The summed E-state index contributed by atoms with van der Waals surface area (Å²) in [6.45, 7) is 0.0621. The molecule has 3 aromatic heterocycles. The van der Waals surface area contributed by atoms with Gasteiger partial charge in [-0.05, 0) is 12.1 Å². The van der Waals surface area contributed by atoms with Crippen molar-refractivity contribution >= 4 is 5.52 Å². The van der Waals surface area contributed by atoms with E-state index in [9.17, 15) is 13.2 Å². The van der Waals surface area contributed by atoms with Crippen LogP contribution in [0, 0.1) is 0 Å². The van der Waals surface area contributed by atoms with Crippen molar-refractivity contribution in [1.82, 2.24) is 24.7 Å². The van der Waals surface area contributed by atoms with E-state index < -0.39 is 12.2 Å². The maximum atomic E-state index is 13.2. The summed E-state index contributed by atoms with van der Waals surface area (Å²) in [6, 6.07) is 3.69. The standard InChI is InChI=1S/C14H14F3N5/c1-21-9-11(8-19-21)13(14(15,16)17)18-6-10-7-20-22-5-3-2-4-12(10)22/h2-5,7-9,13,18H,6H2,1H3/t13-/m1/s1. The maximum absolute atomic E-state index is 13.2. The molecule has 0 fully saturated rings. The Morgan fingerprint density at radius 2 is 2.05 bits per heavy atom. The van der Waals surface area contributed by atoms with Gasteiger partial charge in [0.25, 0.3) is 0 Å². The second kappa shape index (κ2) is 5.45. The number of nitrogens with zero attached hydrogens (tertiary/aromatic N) is 4. The molecule has 1 N–H and O–H groups in total. The summed E-state index contributed by atoms with van der Waals surface area (Å²) in [6.07, 6.45) is 1.51. The first-order valence-corrected chi connectivity index (χ1v) is 6.65. The fourth-order valence-corrected chi connectivity index (χ4v) is 2.35. The predicted octanol–water partition coefficient (Wildman–Crippen LogP) is 2.46. The van der Waals surface area contributed by atoms with Gasteiger partial charge in [-0.3, -0.25) is 10.00 Å². The lowest BCUT2D eigenvalue weighted by atomic mass is 10.1. The molecule has 8 heteroatoms. The number of alkyl halides is 3. The molecule has 0 aromatic carbocycles. The van der Waals surface area contributed by atoms with Crippen molar-refractivity contribution in [2.24, 2.45) is 7.05 Å². The number of nitrogens with one attached hydrogen (secondary N) is 1. The zero-order valence-electron chi connectivity index (χ0n) is 11.7. The van der Waals surface area contributed by atoms with Crippen molar-refractivity contribution in [1.29, 1.82) is 0 Å². The van der Waals surface area contributed by atoms with Crippen molar-refractivity contribution in [2.75, 3.05) is 0 Å². The molecule has 0 aliphatic carbocycles. The number of rotatable bonds is 4. The van der Waals surface area contributed by atoms with Crippen LogP contribution in [0.3, 0.4) is 0 Å². The molecule has 0 spiro atoms. The highest BCUT2D eigenvalue weighted by molar-refractivity contribution is 5.53. The highest BCUT2D eigenvalue weighted by Crippen LogP contribution is 2.32. The first-order chi connectivity index (χ1) is 10.4. The number of aryl methyl sites for hydroxylation is 1. The van der Waals surface area contributed by atoms with E-state index in [4.69, 9.17) is 0 Å². The molecule has 3 heterocycles. The first-order valence-electron chi connectivity index (χ1n) is 6.65. The number of pyridine rings is 1. The van der Waals surface area contributed by atoms with Gasteiger partial charge >= 0.3 is 6.18 Å². The Hall–Kier alpha value is -2.35. The summed E-state index contributed by atoms with van der Waals surface area (Å²) in [5.41, 5.74) is 1.58. The lowest BCUT2D eigenvalue weighted by molar-refractivity contribution is -0.158. The second-order valence-electron chi connectivity index (χ2n) is 5.00. The highest BCUT2D eigenvalue weighted by Gasteiger charge is 2.41. The quantitative estimate of drug-likeness (QED) is 0.805. The molecule has 3 rings (SSSR count). The number of hydrogen-bond acceptors (Lipinski definition) is 3. The topological polar surface area (TPSA) is 47.2 Å². The zero-order chi connectivity index (χ0) is 15.7. The molecular formula is C14H14F3N5. The molecule has 0 saturated heterocycles. The van der Waals surface area contributed by atoms with E-state index in [0.29, 0.717) is 5.56 Å². The Morgan fingerprint density at radius 1 is 1.23 bits per heavy atom. The monoisotopic (exact) mass is 309 g/mol. The van der Waals surface area contributed by atoms with E-state index in [2.05, 4.69) is 15.5 Å². The minimum atomic E-state index is -4.40. The molecule has 0 radical (unpaired) electrons. The molecule has 0 aliphatic rings. The molecule has 1 atom stereocenters. The van der Waals surface area contributed by atoms with Crippen LogP contribution in [0.5, 0.6) is 0 Å². The van der Waals surface area contributed by atoms with Crippen molar-refractivity contribution in [3.05, 3.63) is 54.1 Å². The summed E-state index contributed by atoms with van der Waals surface area (Å²) in [7, 11) is 1.59. The van der Waals surface area contributed by atoms with Gasteiger partial charge < -0.3 is 0 Å². The van der Waals surface area contributed by atoms with Crippen molar-refractivity contribution < 1.29 is 13.2 Å². The van der Waals surface area contributed by atoms with Gasteiger partial charge in [0.15, 0.2) is 0 Å². The minimum absolute atomic E-state index is 0.0621. The van der Waals surface area contributed by atoms with Crippen LogP contribution in [0.15, 0.2) is 43.0 Å². The van der Waals surface area contributed by atoms with Crippen LogP contribution in [-0.2, 0) is 13.6 Å². The lowest BCUT2D eigenvalue weighted by Gasteiger charge is -2.20. The van der Waals surface area contributed by atoms with E-state index in [1.165, 1.54) is 17.1 Å². The fraction of sp³-hybridized carbons (Fsp3) is 0.286. The van der Waals surface area contributed by atoms with Crippen molar-refractivity contribution in [3.8, 4) is 0 Å². The largest absolute Gasteiger partial charge is 0.408 e. The summed E-state index contributed by atoms with van der Waals surface area (Å²) < 4.78 is 42.7. The van der Waals surface area contributed by atoms with Crippen molar-refractivity contribution in [3.63, 3.8) is 0 Å².